The van der Waals surface area contributed by atoms with Gasteiger partial charge in [0.05, 0.1) is 12.1 Å². The summed E-state index contributed by atoms with van der Waals surface area (Å²) in [5.41, 5.74) is 14.5. The Bertz CT molecular complexity index is 1630. The Balaban J connectivity index is 1.55. The van der Waals surface area contributed by atoms with Gasteiger partial charge < -0.3 is 47.6 Å². The zero-order valence-electron chi connectivity index (χ0n) is 25.1. The number of hydrogen-bond donors (Lipinski definition) is 9. The number of unbranched alkanes of at least 4 members (excludes halogenated alkanes) is 1. The molecule has 13 heteroatoms. The van der Waals surface area contributed by atoms with Crippen LogP contribution in [0, 0.1) is 0 Å². The van der Waals surface area contributed by atoms with Gasteiger partial charge in [-0.3, -0.25) is 14.4 Å². The fraction of sp³-hybridized carbons (Fsp3) is 0.375. The number of fused-ring (bicyclic) bond motifs is 2. The maximum absolute atomic E-state index is 13.7. The Morgan fingerprint density at radius 3 is 1.84 bits per heavy atom. The van der Waals surface area contributed by atoms with Crippen LogP contribution in [-0.2, 0) is 32.0 Å². The standard InChI is InChI=1S/C32H41N7O6/c1-18(40)28(39-29(41)23(34)10-6-7-13-33)31(43)37-26(14-19-16-35-24-11-4-2-8-21(19)24)30(42)38-27(32(44)45)15-20-17-36-25-12-5-3-9-22(20)25/h2-5,8-9,11-12,16-18,23,26-28,35-36,40H,6-7,10,13-15,33-34H2,1H3,(H,37,43)(H,38,42)(H,39,41)(H,44,45). The van der Waals surface area contributed by atoms with Crippen molar-refractivity contribution in [3.05, 3.63) is 72.1 Å². The Hall–Kier alpha value is -4.72. The molecule has 5 unspecified atom stereocenters. The summed E-state index contributed by atoms with van der Waals surface area (Å²) < 4.78 is 0. The molecule has 11 N–H and O–H groups in total. The Kier molecular flexibility index (Phi) is 11.3. The number of aromatic nitrogens is 2. The molecule has 5 atom stereocenters. The van der Waals surface area contributed by atoms with Gasteiger partial charge in [0, 0.05) is 47.0 Å². The van der Waals surface area contributed by atoms with Crippen molar-refractivity contribution >= 4 is 45.5 Å². The number of carboxylic acid groups (broad SMARTS) is 1. The second-order valence-electron chi connectivity index (χ2n) is 11.2. The number of amides is 3. The molecule has 2 aromatic heterocycles. The van der Waals surface area contributed by atoms with Gasteiger partial charge in [-0.1, -0.05) is 42.8 Å². The molecule has 2 heterocycles. The van der Waals surface area contributed by atoms with E-state index in [1.807, 2.05) is 48.5 Å². The van der Waals surface area contributed by atoms with Crippen LogP contribution in [-0.4, -0.2) is 80.7 Å². The highest BCUT2D eigenvalue weighted by Gasteiger charge is 2.33. The van der Waals surface area contributed by atoms with Crippen molar-refractivity contribution in [2.45, 2.75) is 69.3 Å². The summed E-state index contributed by atoms with van der Waals surface area (Å²) in [4.78, 5) is 58.5. The molecule has 0 aliphatic carbocycles. The number of aliphatic hydroxyl groups excluding tert-OH is 1. The number of nitrogens with two attached hydrogens (primary N) is 2. The molecule has 0 radical (unpaired) electrons. The zero-order chi connectivity index (χ0) is 32.5. The molecule has 0 fully saturated rings. The lowest BCUT2D eigenvalue weighted by Crippen LogP contribution is -2.60. The highest BCUT2D eigenvalue weighted by molar-refractivity contribution is 5.95. The summed E-state index contributed by atoms with van der Waals surface area (Å²) in [6, 6.07) is 9.94. The van der Waals surface area contributed by atoms with E-state index in [1.54, 1.807) is 12.4 Å². The van der Waals surface area contributed by atoms with Gasteiger partial charge in [0.25, 0.3) is 0 Å². The molecule has 4 rings (SSSR count). The van der Waals surface area contributed by atoms with Gasteiger partial charge >= 0.3 is 5.97 Å². The normalized spacial score (nSPS) is 14.8. The highest BCUT2D eigenvalue weighted by atomic mass is 16.4. The van der Waals surface area contributed by atoms with Crippen LogP contribution in [0.2, 0.25) is 0 Å². The van der Waals surface area contributed by atoms with Crippen LogP contribution in [0.25, 0.3) is 21.8 Å². The Morgan fingerprint density at radius 2 is 1.31 bits per heavy atom. The third kappa shape index (κ3) is 8.47. The Labute approximate surface area is 260 Å². The molecule has 0 saturated carbocycles. The van der Waals surface area contributed by atoms with E-state index in [2.05, 4.69) is 25.9 Å². The monoisotopic (exact) mass is 619 g/mol. The lowest BCUT2D eigenvalue weighted by molar-refractivity contribution is -0.142. The zero-order valence-corrected chi connectivity index (χ0v) is 25.1. The summed E-state index contributed by atoms with van der Waals surface area (Å²) in [5.74, 6) is -3.44. The molecule has 0 saturated heterocycles. The number of benzene rings is 2. The van der Waals surface area contributed by atoms with Crippen LogP contribution in [0.1, 0.15) is 37.3 Å². The highest BCUT2D eigenvalue weighted by Crippen LogP contribution is 2.21. The predicted octanol–water partition coefficient (Wildman–Crippen LogP) is 0.811. The quantitative estimate of drug-likeness (QED) is 0.0813. The van der Waals surface area contributed by atoms with Crippen molar-refractivity contribution in [3.8, 4) is 0 Å². The predicted molar refractivity (Wildman–Crippen MR) is 170 cm³/mol. The number of aliphatic carboxylic acids is 1. The minimum atomic E-state index is -1.42. The van der Waals surface area contributed by atoms with Gasteiger partial charge in [-0.25, -0.2) is 4.79 Å². The molecule has 0 spiro atoms. The lowest BCUT2D eigenvalue weighted by atomic mass is 10.0. The van der Waals surface area contributed by atoms with E-state index in [9.17, 15) is 29.4 Å². The number of rotatable bonds is 16. The first-order chi connectivity index (χ1) is 21.6. The van der Waals surface area contributed by atoms with E-state index in [0.29, 0.717) is 36.9 Å². The lowest BCUT2D eigenvalue weighted by Gasteiger charge is -2.26. The number of aromatic amines is 2. The maximum Gasteiger partial charge on any atom is 0.326 e. The summed E-state index contributed by atoms with van der Waals surface area (Å²) in [7, 11) is 0. The molecular weight excluding hydrogens is 578 g/mol. The number of carbonyl (C=O) groups excluding carboxylic acids is 3. The molecule has 0 aliphatic rings. The average Bonchev–Trinajstić information content (AvgIpc) is 3.62. The smallest absolute Gasteiger partial charge is 0.326 e. The number of H-pyrrole nitrogens is 2. The average molecular weight is 620 g/mol. The maximum atomic E-state index is 13.7. The molecule has 240 valence electrons. The molecule has 0 bridgehead atoms. The van der Waals surface area contributed by atoms with E-state index in [-0.39, 0.29) is 12.8 Å². The van der Waals surface area contributed by atoms with E-state index < -0.39 is 54.0 Å². The second-order valence-corrected chi connectivity index (χ2v) is 11.2. The third-order valence-corrected chi connectivity index (χ3v) is 7.81. The molecule has 4 aromatic rings. The van der Waals surface area contributed by atoms with Gasteiger partial charge in [0.2, 0.25) is 17.7 Å². The molecule has 0 aliphatic heterocycles. The molecular formula is C32H41N7O6. The first-order valence-electron chi connectivity index (χ1n) is 15.0. The molecule has 45 heavy (non-hydrogen) atoms. The van der Waals surface area contributed by atoms with Gasteiger partial charge in [-0.15, -0.1) is 0 Å². The minimum absolute atomic E-state index is 0.0000890. The SMILES string of the molecule is CC(O)C(NC(=O)C(N)CCCCN)C(=O)NC(Cc1c[nH]c2ccccc12)C(=O)NC(Cc1c[nH]c2ccccc12)C(=O)O. The van der Waals surface area contributed by atoms with E-state index in [1.165, 1.54) is 6.92 Å². The fourth-order valence-electron chi connectivity index (χ4n) is 5.29. The Morgan fingerprint density at radius 1 is 0.778 bits per heavy atom. The van der Waals surface area contributed by atoms with Crippen LogP contribution >= 0.6 is 0 Å². The number of nitrogens with one attached hydrogen (secondary N) is 5. The molecule has 13 nitrogen and oxygen atoms in total. The second kappa shape index (κ2) is 15.3. The van der Waals surface area contributed by atoms with Gasteiger partial charge in [0.1, 0.15) is 18.1 Å². The number of aliphatic hydroxyl groups is 1. The van der Waals surface area contributed by atoms with E-state index in [0.717, 1.165) is 21.8 Å². The van der Waals surface area contributed by atoms with Crippen molar-refractivity contribution in [1.82, 2.24) is 25.9 Å². The van der Waals surface area contributed by atoms with Crippen LogP contribution in [0.15, 0.2) is 60.9 Å². The number of para-hydroxylation sites is 2. The largest absolute Gasteiger partial charge is 0.480 e. The van der Waals surface area contributed by atoms with Crippen LogP contribution < -0.4 is 27.4 Å². The summed E-state index contributed by atoms with van der Waals surface area (Å²) >= 11 is 0. The number of carbonyl (C=O) groups is 4. The fourth-order valence-corrected chi connectivity index (χ4v) is 5.29. The number of carboxylic acids is 1. The van der Waals surface area contributed by atoms with E-state index >= 15 is 0 Å². The molecule has 3 amide bonds. The third-order valence-electron chi connectivity index (χ3n) is 7.81. The summed E-state index contributed by atoms with van der Waals surface area (Å²) in [5, 5.41) is 29.8. The van der Waals surface area contributed by atoms with Gasteiger partial charge in [-0.05, 0) is 49.6 Å². The number of hydrogen-bond acceptors (Lipinski definition) is 7. The first-order valence-corrected chi connectivity index (χ1v) is 15.0. The minimum Gasteiger partial charge on any atom is -0.480 e. The first kappa shape index (κ1) is 33.2. The van der Waals surface area contributed by atoms with Gasteiger partial charge in [0.15, 0.2) is 0 Å². The topological polar surface area (TPSA) is 228 Å². The van der Waals surface area contributed by atoms with Crippen molar-refractivity contribution in [1.29, 1.82) is 0 Å². The van der Waals surface area contributed by atoms with Crippen LogP contribution in [0.4, 0.5) is 0 Å². The van der Waals surface area contributed by atoms with Crippen molar-refractivity contribution < 1.29 is 29.4 Å². The van der Waals surface area contributed by atoms with E-state index in [4.69, 9.17) is 11.5 Å². The van der Waals surface area contributed by atoms with Crippen molar-refractivity contribution in [3.63, 3.8) is 0 Å². The van der Waals surface area contributed by atoms with Crippen molar-refractivity contribution in [2.24, 2.45) is 11.5 Å². The molecule has 2 aromatic carbocycles. The summed E-state index contributed by atoms with van der Waals surface area (Å²) in [6.07, 6.45) is 3.73. The van der Waals surface area contributed by atoms with Gasteiger partial charge in [-0.2, -0.15) is 0 Å². The van der Waals surface area contributed by atoms with Crippen LogP contribution in [0.3, 0.4) is 0 Å². The summed E-state index contributed by atoms with van der Waals surface area (Å²) in [6.45, 7) is 1.79. The van der Waals surface area contributed by atoms with Crippen molar-refractivity contribution in [2.75, 3.05) is 6.54 Å². The van der Waals surface area contributed by atoms with Crippen LogP contribution in [0.5, 0.6) is 0 Å².